The van der Waals surface area contributed by atoms with E-state index in [0.29, 0.717) is 17.9 Å². The van der Waals surface area contributed by atoms with E-state index >= 15 is 0 Å². The minimum absolute atomic E-state index is 0.152. The quantitative estimate of drug-likeness (QED) is 0.665. The van der Waals surface area contributed by atoms with Crippen LogP contribution in [0.4, 0.5) is 0 Å². The van der Waals surface area contributed by atoms with Crippen molar-refractivity contribution in [3.05, 3.63) is 46.0 Å². The second-order valence-corrected chi connectivity index (χ2v) is 6.08. The Morgan fingerprint density at radius 3 is 2.23 bits per heavy atom. The Hall–Kier alpha value is -1.85. The first kappa shape index (κ1) is 15.1. The number of amides is 3. The van der Waals surface area contributed by atoms with Gasteiger partial charge < -0.3 is 0 Å². The Kier molecular flexibility index (Phi) is 3.93. The van der Waals surface area contributed by atoms with Crippen LogP contribution >= 0.6 is 23.2 Å². The van der Waals surface area contributed by atoms with E-state index in [1.165, 1.54) is 18.2 Å². The van der Waals surface area contributed by atoms with E-state index in [4.69, 9.17) is 23.2 Å². The van der Waals surface area contributed by atoms with Crippen molar-refractivity contribution in [1.29, 1.82) is 0 Å². The zero-order valence-electron chi connectivity index (χ0n) is 11.4. The van der Waals surface area contributed by atoms with Crippen LogP contribution in [0.3, 0.4) is 0 Å². The van der Waals surface area contributed by atoms with Crippen LogP contribution < -0.4 is 5.43 Å². The van der Waals surface area contributed by atoms with Gasteiger partial charge >= 0.3 is 0 Å². The summed E-state index contributed by atoms with van der Waals surface area (Å²) in [7, 11) is 0. The van der Waals surface area contributed by atoms with E-state index in [0.717, 1.165) is 5.01 Å². The van der Waals surface area contributed by atoms with Crippen LogP contribution in [0.15, 0.2) is 30.4 Å². The summed E-state index contributed by atoms with van der Waals surface area (Å²) in [5, 5.41) is 1.37. The van der Waals surface area contributed by atoms with Gasteiger partial charge in [-0.3, -0.25) is 19.8 Å². The predicted molar refractivity (Wildman–Crippen MR) is 81.1 cm³/mol. The summed E-state index contributed by atoms with van der Waals surface area (Å²) in [6.45, 7) is 0. The van der Waals surface area contributed by atoms with Crippen LogP contribution in [-0.4, -0.2) is 22.7 Å². The van der Waals surface area contributed by atoms with Gasteiger partial charge in [0.15, 0.2) is 0 Å². The number of benzene rings is 1. The highest BCUT2D eigenvalue weighted by molar-refractivity contribution is 6.36. The van der Waals surface area contributed by atoms with Gasteiger partial charge in [0.25, 0.3) is 17.7 Å². The molecule has 0 radical (unpaired) electrons. The maximum atomic E-state index is 12.3. The summed E-state index contributed by atoms with van der Waals surface area (Å²) >= 11 is 11.7. The Morgan fingerprint density at radius 2 is 1.68 bits per heavy atom. The molecule has 0 saturated carbocycles. The molecule has 114 valence electrons. The third-order valence-electron chi connectivity index (χ3n) is 3.90. The molecule has 7 heteroatoms. The van der Waals surface area contributed by atoms with E-state index in [2.05, 4.69) is 5.43 Å². The molecule has 2 aliphatic rings. The van der Waals surface area contributed by atoms with Crippen molar-refractivity contribution in [3.63, 3.8) is 0 Å². The minimum atomic E-state index is -0.616. The third-order valence-corrected chi connectivity index (χ3v) is 4.44. The molecule has 0 bridgehead atoms. The number of carbonyl (C=O) groups is 3. The Balaban J connectivity index is 1.80. The fraction of sp³-hybridized carbons (Fsp3) is 0.267. The van der Waals surface area contributed by atoms with Crippen molar-refractivity contribution in [2.75, 3.05) is 0 Å². The summed E-state index contributed by atoms with van der Waals surface area (Å²) < 4.78 is 0. The molecule has 1 saturated heterocycles. The maximum Gasteiger partial charge on any atom is 0.271 e. The monoisotopic (exact) mass is 338 g/mol. The molecule has 5 nitrogen and oxygen atoms in total. The summed E-state index contributed by atoms with van der Waals surface area (Å²) in [5.41, 5.74) is 2.50. The zero-order valence-corrected chi connectivity index (χ0v) is 12.9. The van der Waals surface area contributed by atoms with Crippen LogP contribution in [-0.2, 0) is 9.59 Å². The van der Waals surface area contributed by atoms with Gasteiger partial charge in [0.1, 0.15) is 0 Å². The molecule has 1 aromatic rings. The van der Waals surface area contributed by atoms with Gasteiger partial charge in [-0.15, -0.1) is 0 Å². The lowest BCUT2D eigenvalue weighted by molar-refractivity contribution is -0.142. The van der Waals surface area contributed by atoms with Crippen LogP contribution in [0.25, 0.3) is 0 Å². The number of hydrogen-bond donors (Lipinski definition) is 1. The molecule has 1 aliphatic heterocycles. The first-order valence-electron chi connectivity index (χ1n) is 6.78. The van der Waals surface area contributed by atoms with Crippen LogP contribution in [0.5, 0.6) is 0 Å². The lowest BCUT2D eigenvalue weighted by Gasteiger charge is -2.16. The first-order chi connectivity index (χ1) is 10.5. The fourth-order valence-electron chi connectivity index (χ4n) is 2.75. The van der Waals surface area contributed by atoms with Gasteiger partial charge in [-0.05, 0) is 31.0 Å². The number of fused-ring (bicyclic) bond motifs is 1. The number of nitrogens with zero attached hydrogens (tertiary/aromatic N) is 1. The molecule has 0 spiro atoms. The van der Waals surface area contributed by atoms with Crippen molar-refractivity contribution >= 4 is 40.9 Å². The third kappa shape index (κ3) is 2.51. The molecular weight excluding hydrogens is 327 g/mol. The molecule has 1 N–H and O–H groups in total. The number of imide groups is 1. The summed E-state index contributed by atoms with van der Waals surface area (Å²) in [4.78, 5) is 36.7. The average Bonchev–Trinajstić information content (AvgIpc) is 2.73. The van der Waals surface area contributed by atoms with Crippen LogP contribution in [0.2, 0.25) is 10.0 Å². The minimum Gasteiger partial charge on any atom is -0.272 e. The summed E-state index contributed by atoms with van der Waals surface area (Å²) in [6.07, 6.45) is 4.80. The van der Waals surface area contributed by atoms with E-state index in [9.17, 15) is 14.4 Å². The van der Waals surface area contributed by atoms with E-state index < -0.39 is 17.7 Å². The number of nitrogens with one attached hydrogen (secondary N) is 1. The summed E-state index contributed by atoms with van der Waals surface area (Å²) in [6, 6.07) is 4.38. The van der Waals surface area contributed by atoms with Gasteiger partial charge in [0.2, 0.25) is 0 Å². The molecule has 3 amide bonds. The molecule has 1 fully saturated rings. The first-order valence-corrected chi connectivity index (χ1v) is 7.53. The van der Waals surface area contributed by atoms with Gasteiger partial charge in [0.05, 0.1) is 22.4 Å². The van der Waals surface area contributed by atoms with Crippen LogP contribution in [0, 0.1) is 11.8 Å². The highest BCUT2D eigenvalue weighted by Crippen LogP contribution is 2.34. The fourth-order valence-corrected chi connectivity index (χ4v) is 3.24. The summed E-state index contributed by atoms with van der Waals surface area (Å²) in [5.74, 6) is -2.15. The number of hydrazine groups is 1. The second kappa shape index (κ2) is 5.74. The number of halogens is 2. The molecule has 1 aliphatic carbocycles. The molecule has 22 heavy (non-hydrogen) atoms. The second-order valence-electron chi connectivity index (χ2n) is 5.23. The molecule has 2 atom stereocenters. The van der Waals surface area contributed by atoms with Gasteiger partial charge in [-0.25, -0.2) is 0 Å². The SMILES string of the molecule is O=C(NN1C(=O)[C@@H]2CC=CC[C@H]2C1=O)c1ccc(Cl)cc1Cl. The highest BCUT2D eigenvalue weighted by Gasteiger charge is 2.48. The lowest BCUT2D eigenvalue weighted by atomic mass is 9.85. The number of carbonyl (C=O) groups excluding carboxylic acids is 3. The Labute approximate surface area is 136 Å². The molecule has 3 rings (SSSR count). The van der Waals surface area contributed by atoms with Crippen molar-refractivity contribution in [2.45, 2.75) is 12.8 Å². The molecule has 0 aromatic heterocycles. The molecule has 0 unspecified atom stereocenters. The number of allylic oxidation sites excluding steroid dienone is 2. The maximum absolute atomic E-state index is 12.3. The number of rotatable bonds is 2. The topological polar surface area (TPSA) is 66.5 Å². The van der Waals surface area contributed by atoms with Crippen molar-refractivity contribution in [3.8, 4) is 0 Å². The van der Waals surface area contributed by atoms with E-state index in [1.54, 1.807) is 0 Å². The highest BCUT2D eigenvalue weighted by atomic mass is 35.5. The lowest BCUT2D eigenvalue weighted by Crippen LogP contribution is -2.46. The van der Waals surface area contributed by atoms with Gasteiger partial charge in [-0.2, -0.15) is 5.01 Å². The van der Waals surface area contributed by atoms with E-state index in [1.807, 2.05) is 12.2 Å². The smallest absolute Gasteiger partial charge is 0.271 e. The normalized spacial score (nSPS) is 23.6. The molecular formula is C15H12Cl2N2O3. The van der Waals surface area contributed by atoms with Crippen LogP contribution in [0.1, 0.15) is 23.2 Å². The number of hydrogen-bond acceptors (Lipinski definition) is 3. The predicted octanol–water partition coefficient (Wildman–Crippen LogP) is 2.59. The zero-order chi connectivity index (χ0) is 15.9. The standard InChI is InChI=1S/C15H12Cl2N2O3/c16-8-5-6-11(12(17)7-8)13(20)18-19-14(21)9-3-1-2-4-10(9)15(19)22/h1-2,5-7,9-10H,3-4H2,(H,18,20)/t9-,10-/m1/s1. The van der Waals surface area contributed by atoms with E-state index in [-0.39, 0.29) is 22.4 Å². The molecule has 1 aromatic carbocycles. The Bertz CT molecular complexity index is 676. The van der Waals surface area contributed by atoms with Gasteiger partial charge in [0, 0.05) is 5.02 Å². The van der Waals surface area contributed by atoms with Gasteiger partial charge in [-0.1, -0.05) is 35.4 Å². The van der Waals surface area contributed by atoms with Crippen molar-refractivity contribution in [2.24, 2.45) is 11.8 Å². The Morgan fingerprint density at radius 1 is 1.09 bits per heavy atom. The largest absolute Gasteiger partial charge is 0.272 e. The van der Waals surface area contributed by atoms with Crippen molar-refractivity contribution < 1.29 is 14.4 Å². The average molecular weight is 339 g/mol. The molecule has 1 heterocycles. The van der Waals surface area contributed by atoms with Crippen molar-refractivity contribution in [1.82, 2.24) is 10.4 Å².